The summed E-state index contributed by atoms with van der Waals surface area (Å²) in [6.45, 7) is 2.45. The number of anilines is 1. The number of benzene rings is 2. The Morgan fingerprint density at radius 2 is 2.12 bits per heavy atom. The monoisotopic (exact) mass is 339 g/mol. The van der Waals surface area contributed by atoms with Crippen LogP contribution in [0.5, 0.6) is 5.75 Å². The molecule has 0 aliphatic carbocycles. The van der Waals surface area contributed by atoms with Crippen LogP contribution in [0, 0.1) is 5.82 Å². The normalized spacial score (nSPS) is 16.3. The predicted molar refractivity (Wildman–Crippen MR) is 98.8 cm³/mol. The van der Waals surface area contributed by atoms with Crippen LogP contribution in [0.15, 0.2) is 48.7 Å². The number of H-pyrrole nitrogens is 1. The molecule has 3 aromatic rings. The van der Waals surface area contributed by atoms with Gasteiger partial charge in [0.1, 0.15) is 18.2 Å². The zero-order valence-electron chi connectivity index (χ0n) is 14.0. The minimum atomic E-state index is -0.185. The van der Waals surface area contributed by atoms with Crippen LogP contribution in [0.1, 0.15) is 12.0 Å². The quantitative estimate of drug-likeness (QED) is 0.600. The summed E-state index contributed by atoms with van der Waals surface area (Å²) in [5.41, 5.74) is 3.22. The highest BCUT2D eigenvalue weighted by atomic mass is 19.1. The molecule has 0 bridgehead atoms. The molecular formula is C20H22FN3O. The molecule has 1 aliphatic heterocycles. The summed E-state index contributed by atoms with van der Waals surface area (Å²) in [7, 11) is 0. The topological polar surface area (TPSA) is 49.1 Å². The maximum atomic E-state index is 13.4. The van der Waals surface area contributed by atoms with E-state index in [1.807, 2.05) is 30.5 Å². The van der Waals surface area contributed by atoms with Gasteiger partial charge in [0, 0.05) is 23.6 Å². The summed E-state index contributed by atoms with van der Waals surface area (Å²) in [5, 5.41) is 7.96. The van der Waals surface area contributed by atoms with E-state index in [2.05, 4.69) is 15.6 Å². The second-order valence-electron chi connectivity index (χ2n) is 6.46. The van der Waals surface area contributed by atoms with Crippen molar-refractivity contribution in [3.05, 3.63) is 60.0 Å². The highest BCUT2D eigenvalue weighted by Crippen LogP contribution is 2.27. The first kappa shape index (κ1) is 16.0. The number of aromatic amines is 1. The molecule has 4 nitrogen and oxygen atoms in total. The Morgan fingerprint density at radius 1 is 1.20 bits per heavy atom. The SMILES string of the molecule is Fc1ccc2[nH]cc(CCCNCC3COc4ccccc4N3)c2c1. The van der Waals surface area contributed by atoms with Crippen molar-refractivity contribution in [1.29, 1.82) is 0 Å². The summed E-state index contributed by atoms with van der Waals surface area (Å²) >= 11 is 0. The van der Waals surface area contributed by atoms with Gasteiger partial charge in [0.2, 0.25) is 0 Å². The number of hydrogen-bond acceptors (Lipinski definition) is 3. The average molecular weight is 339 g/mol. The van der Waals surface area contributed by atoms with Gasteiger partial charge >= 0.3 is 0 Å². The highest BCUT2D eigenvalue weighted by molar-refractivity contribution is 5.83. The van der Waals surface area contributed by atoms with E-state index in [0.29, 0.717) is 6.61 Å². The van der Waals surface area contributed by atoms with E-state index in [-0.39, 0.29) is 11.9 Å². The van der Waals surface area contributed by atoms with Gasteiger partial charge in [-0.05, 0) is 55.3 Å². The number of para-hydroxylation sites is 2. The number of hydrogen-bond donors (Lipinski definition) is 3. The largest absolute Gasteiger partial charge is 0.489 e. The van der Waals surface area contributed by atoms with Gasteiger partial charge < -0.3 is 20.4 Å². The first-order valence-electron chi connectivity index (χ1n) is 8.74. The molecule has 0 spiro atoms. The minimum absolute atomic E-state index is 0.185. The number of rotatable bonds is 6. The van der Waals surface area contributed by atoms with Gasteiger partial charge in [0.05, 0.1) is 11.7 Å². The Kier molecular flexibility index (Phi) is 4.57. The third kappa shape index (κ3) is 3.61. The first-order chi connectivity index (χ1) is 12.3. The van der Waals surface area contributed by atoms with E-state index in [4.69, 9.17) is 4.74 Å². The van der Waals surface area contributed by atoms with E-state index in [1.54, 1.807) is 12.1 Å². The molecule has 0 saturated carbocycles. The molecule has 25 heavy (non-hydrogen) atoms. The van der Waals surface area contributed by atoms with Crippen molar-refractivity contribution in [3.8, 4) is 5.75 Å². The number of nitrogens with one attached hydrogen (secondary N) is 3. The standard InChI is InChI=1S/C20H22FN3O/c21-15-7-8-18-17(10-15)14(11-23-18)4-3-9-22-12-16-13-25-20-6-2-1-5-19(20)24-16/h1-2,5-8,10-11,16,22-24H,3-4,9,12-13H2. The van der Waals surface area contributed by atoms with Crippen LogP contribution in [-0.4, -0.2) is 30.7 Å². The first-order valence-corrected chi connectivity index (χ1v) is 8.74. The lowest BCUT2D eigenvalue weighted by Gasteiger charge is -2.27. The fourth-order valence-corrected chi connectivity index (χ4v) is 3.31. The lowest BCUT2D eigenvalue weighted by molar-refractivity contribution is 0.280. The molecule has 0 fully saturated rings. The van der Waals surface area contributed by atoms with Crippen LogP contribution >= 0.6 is 0 Å². The van der Waals surface area contributed by atoms with E-state index >= 15 is 0 Å². The molecule has 2 aromatic carbocycles. The summed E-state index contributed by atoms with van der Waals surface area (Å²) in [6, 6.07) is 13.2. The summed E-state index contributed by atoms with van der Waals surface area (Å²) < 4.78 is 19.2. The molecule has 0 amide bonds. The van der Waals surface area contributed by atoms with Gasteiger partial charge in [0.25, 0.3) is 0 Å². The average Bonchev–Trinajstić information content (AvgIpc) is 3.03. The van der Waals surface area contributed by atoms with Gasteiger partial charge in [-0.25, -0.2) is 4.39 Å². The molecule has 3 N–H and O–H groups in total. The highest BCUT2D eigenvalue weighted by Gasteiger charge is 2.17. The fourth-order valence-electron chi connectivity index (χ4n) is 3.31. The molecule has 0 saturated heterocycles. The maximum absolute atomic E-state index is 13.4. The van der Waals surface area contributed by atoms with Crippen molar-refractivity contribution in [1.82, 2.24) is 10.3 Å². The predicted octanol–water partition coefficient (Wildman–Crippen LogP) is 3.70. The second kappa shape index (κ2) is 7.15. The van der Waals surface area contributed by atoms with Crippen molar-refractivity contribution >= 4 is 16.6 Å². The van der Waals surface area contributed by atoms with Crippen molar-refractivity contribution in [2.24, 2.45) is 0 Å². The second-order valence-corrected chi connectivity index (χ2v) is 6.46. The Bertz CT molecular complexity index is 861. The molecular weight excluding hydrogens is 317 g/mol. The summed E-state index contributed by atoms with van der Waals surface area (Å²) in [5.74, 6) is 0.737. The van der Waals surface area contributed by atoms with Crippen molar-refractivity contribution < 1.29 is 9.13 Å². The third-order valence-electron chi connectivity index (χ3n) is 4.61. The van der Waals surface area contributed by atoms with Gasteiger partial charge in [-0.3, -0.25) is 0 Å². The van der Waals surface area contributed by atoms with Crippen LogP contribution in [-0.2, 0) is 6.42 Å². The molecule has 0 radical (unpaired) electrons. The van der Waals surface area contributed by atoms with Crippen molar-refractivity contribution in [2.75, 3.05) is 25.0 Å². The molecule has 1 aromatic heterocycles. The lowest BCUT2D eigenvalue weighted by atomic mass is 10.1. The van der Waals surface area contributed by atoms with E-state index < -0.39 is 0 Å². The van der Waals surface area contributed by atoms with Gasteiger partial charge in [-0.1, -0.05) is 12.1 Å². The Labute approximate surface area is 146 Å². The molecule has 4 rings (SSSR count). The minimum Gasteiger partial charge on any atom is -0.489 e. The smallest absolute Gasteiger partial charge is 0.142 e. The molecule has 130 valence electrons. The van der Waals surface area contributed by atoms with E-state index in [9.17, 15) is 4.39 Å². The number of halogens is 1. The third-order valence-corrected chi connectivity index (χ3v) is 4.61. The summed E-state index contributed by atoms with van der Waals surface area (Å²) in [6.07, 6.45) is 3.92. The van der Waals surface area contributed by atoms with Gasteiger partial charge in [-0.15, -0.1) is 0 Å². The van der Waals surface area contributed by atoms with Gasteiger partial charge in [0.15, 0.2) is 0 Å². The number of fused-ring (bicyclic) bond motifs is 2. The van der Waals surface area contributed by atoms with Crippen LogP contribution in [0.25, 0.3) is 10.9 Å². The van der Waals surface area contributed by atoms with Crippen molar-refractivity contribution in [3.63, 3.8) is 0 Å². The molecule has 2 heterocycles. The zero-order valence-corrected chi connectivity index (χ0v) is 14.0. The molecule has 5 heteroatoms. The molecule has 1 atom stereocenters. The number of ether oxygens (including phenoxy) is 1. The Hall–Kier alpha value is -2.53. The lowest BCUT2D eigenvalue weighted by Crippen LogP contribution is -2.40. The Morgan fingerprint density at radius 3 is 3.08 bits per heavy atom. The van der Waals surface area contributed by atoms with Crippen LogP contribution < -0.4 is 15.4 Å². The van der Waals surface area contributed by atoms with Crippen molar-refractivity contribution in [2.45, 2.75) is 18.9 Å². The zero-order chi connectivity index (χ0) is 17.1. The summed E-state index contributed by atoms with van der Waals surface area (Å²) in [4.78, 5) is 3.20. The Balaban J connectivity index is 1.23. The number of aromatic nitrogens is 1. The van der Waals surface area contributed by atoms with Crippen LogP contribution in [0.2, 0.25) is 0 Å². The number of aryl methyl sites for hydroxylation is 1. The van der Waals surface area contributed by atoms with Gasteiger partial charge in [-0.2, -0.15) is 0 Å². The molecule has 1 aliphatic rings. The van der Waals surface area contributed by atoms with Crippen LogP contribution in [0.4, 0.5) is 10.1 Å². The van der Waals surface area contributed by atoms with E-state index in [1.165, 1.54) is 11.6 Å². The van der Waals surface area contributed by atoms with Crippen LogP contribution in [0.3, 0.4) is 0 Å². The fraction of sp³-hybridized carbons (Fsp3) is 0.300. The van der Waals surface area contributed by atoms with E-state index in [0.717, 1.165) is 48.3 Å². The maximum Gasteiger partial charge on any atom is 0.142 e. The molecule has 1 unspecified atom stereocenters.